The summed E-state index contributed by atoms with van der Waals surface area (Å²) in [6, 6.07) is 11.6. The number of amides is 1. The van der Waals surface area contributed by atoms with Crippen molar-refractivity contribution in [3.05, 3.63) is 47.7 Å². The highest BCUT2D eigenvalue weighted by atomic mass is 16.5. The van der Waals surface area contributed by atoms with Crippen LogP contribution in [0.25, 0.3) is 22.0 Å². The molecule has 2 aromatic carbocycles. The van der Waals surface area contributed by atoms with E-state index >= 15 is 0 Å². The topological polar surface area (TPSA) is 107 Å². The van der Waals surface area contributed by atoms with E-state index in [1.165, 1.54) is 0 Å². The molecule has 1 aromatic heterocycles. The Kier molecular flexibility index (Phi) is 5.58. The van der Waals surface area contributed by atoms with Gasteiger partial charge < -0.3 is 20.9 Å². The fourth-order valence-corrected chi connectivity index (χ4v) is 5.28. The van der Waals surface area contributed by atoms with Crippen molar-refractivity contribution in [2.45, 2.75) is 57.1 Å². The third-order valence-corrected chi connectivity index (χ3v) is 6.96. The van der Waals surface area contributed by atoms with Crippen molar-refractivity contribution in [1.29, 1.82) is 0 Å². The minimum atomic E-state index is -0.483. The molecule has 7 nitrogen and oxygen atoms in total. The maximum atomic E-state index is 12.9. The van der Waals surface area contributed by atoms with Crippen LogP contribution in [0.1, 0.15) is 59.4 Å². The lowest BCUT2D eigenvalue weighted by Crippen LogP contribution is -2.29. The van der Waals surface area contributed by atoms with Crippen molar-refractivity contribution in [1.82, 2.24) is 4.57 Å². The number of fused-ring (bicyclic) bond motifs is 3. The normalized spacial score (nSPS) is 20.5. The number of hydrogen-bond acceptors (Lipinski definition) is 5. The average Bonchev–Trinajstić information content (AvgIpc) is 3.15. The molecule has 1 aliphatic heterocycles. The number of rotatable bonds is 5. The lowest BCUT2D eigenvalue weighted by atomic mass is 9.92. The van der Waals surface area contributed by atoms with E-state index in [2.05, 4.69) is 5.32 Å². The van der Waals surface area contributed by atoms with Crippen molar-refractivity contribution in [3.63, 3.8) is 0 Å². The Bertz CT molecular complexity index is 1240. The molecule has 0 bridgehead atoms. The summed E-state index contributed by atoms with van der Waals surface area (Å²) >= 11 is 0. The van der Waals surface area contributed by atoms with Gasteiger partial charge in [-0.05, 0) is 68.4 Å². The summed E-state index contributed by atoms with van der Waals surface area (Å²) in [7, 11) is 1.62. The number of methoxy groups -OCH3 is 1. The molecule has 3 aromatic rings. The van der Waals surface area contributed by atoms with Gasteiger partial charge in [0.25, 0.3) is 5.91 Å². The van der Waals surface area contributed by atoms with Gasteiger partial charge in [0.1, 0.15) is 5.75 Å². The Morgan fingerprint density at radius 3 is 2.64 bits per heavy atom. The quantitative estimate of drug-likeness (QED) is 0.546. The maximum absolute atomic E-state index is 12.9. The Morgan fingerprint density at radius 1 is 1.12 bits per heavy atom. The van der Waals surface area contributed by atoms with Gasteiger partial charge in [0, 0.05) is 40.9 Å². The summed E-state index contributed by atoms with van der Waals surface area (Å²) in [6.45, 7) is 0. The van der Waals surface area contributed by atoms with E-state index in [1.54, 1.807) is 13.2 Å². The van der Waals surface area contributed by atoms with Crippen LogP contribution in [-0.4, -0.2) is 40.7 Å². The molecule has 0 spiro atoms. The minimum Gasteiger partial charge on any atom is -0.497 e. The van der Waals surface area contributed by atoms with Crippen LogP contribution in [0.5, 0.6) is 5.75 Å². The number of anilines is 1. The summed E-state index contributed by atoms with van der Waals surface area (Å²) in [6.07, 6.45) is 5.04. The van der Waals surface area contributed by atoms with Gasteiger partial charge >= 0.3 is 0 Å². The van der Waals surface area contributed by atoms with Crippen LogP contribution >= 0.6 is 0 Å². The van der Waals surface area contributed by atoms with E-state index in [0.29, 0.717) is 23.4 Å². The summed E-state index contributed by atoms with van der Waals surface area (Å²) in [4.78, 5) is 25.0. The van der Waals surface area contributed by atoms with Crippen LogP contribution in [0.2, 0.25) is 0 Å². The third-order valence-electron chi connectivity index (χ3n) is 6.96. The third kappa shape index (κ3) is 3.86. The van der Waals surface area contributed by atoms with Crippen LogP contribution in [0.4, 0.5) is 5.69 Å². The van der Waals surface area contributed by atoms with Crippen LogP contribution in [-0.2, 0) is 6.42 Å². The number of nitrogens with two attached hydrogens (primary N) is 1. The van der Waals surface area contributed by atoms with Crippen molar-refractivity contribution >= 4 is 28.4 Å². The Balaban J connectivity index is 1.64. The number of carbonyl (C=O) groups excluding carboxylic acids is 2. The molecule has 4 N–H and O–H groups in total. The largest absolute Gasteiger partial charge is 0.497 e. The first-order chi connectivity index (χ1) is 16.0. The Hall–Kier alpha value is -3.32. The zero-order valence-electron chi connectivity index (χ0n) is 18.8. The lowest BCUT2D eigenvalue weighted by Gasteiger charge is -2.28. The molecule has 2 heterocycles. The number of aliphatic hydroxyl groups excluding tert-OH is 1. The number of carbonyl (C=O) groups is 2. The highest BCUT2D eigenvalue weighted by molar-refractivity contribution is 6.06. The smallest absolute Gasteiger partial charge is 0.250 e. The van der Waals surface area contributed by atoms with Gasteiger partial charge in [0.15, 0.2) is 0 Å². The first-order valence-electron chi connectivity index (χ1n) is 11.6. The van der Waals surface area contributed by atoms with Gasteiger partial charge in [0.2, 0.25) is 5.91 Å². The number of hydrogen-bond donors (Lipinski definition) is 3. The molecular weight excluding hydrogens is 418 g/mol. The number of benzene rings is 2. The van der Waals surface area contributed by atoms with Crippen LogP contribution in [0.3, 0.4) is 0 Å². The first kappa shape index (κ1) is 21.5. The molecule has 1 saturated carbocycles. The highest BCUT2D eigenvalue weighted by Crippen LogP contribution is 2.40. The molecule has 2 aliphatic rings. The summed E-state index contributed by atoms with van der Waals surface area (Å²) < 4.78 is 7.24. The molecule has 0 saturated heterocycles. The van der Waals surface area contributed by atoms with E-state index in [-0.39, 0.29) is 18.1 Å². The minimum absolute atomic E-state index is 0.0913. The predicted molar refractivity (Wildman–Crippen MR) is 128 cm³/mol. The van der Waals surface area contributed by atoms with E-state index in [9.17, 15) is 14.7 Å². The molecule has 33 heavy (non-hydrogen) atoms. The predicted octanol–water partition coefficient (Wildman–Crippen LogP) is 4.11. The lowest BCUT2D eigenvalue weighted by molar-refractivity contribution is 0.0889. The van der Waals surface area contributed by atoms with Gasteiger partial charge in [0.05, 0.1) is 24.3 Å². The van der Waals surface area contributed by atoms with Crippen LogP contribution in [0.15, 0.2) is 36.4 Å². The molecule has 1 amide bonds. The molecule has 1 aliphatic carbocycles. The number of aliphatic hydroxyl groups is 1. The Labute approximate surface area is 192 Å². The zero-order chi connectivity index (χ0) is 23.1. The van der Waals surface area contributed by atoms with Gasteiger partial charge in [-0.25, -0.2) is 0 Å². The van der Waals surface area contributed by atoms with E-state index in [0.717, 1.165) is 66.2 Å². The van der Waals surface area contributed by atoms with Gasteiger partial charge in [-0.3, -0.25) is 14.2 Å². The van der Waals surface area contributed by atoms with Crippen molar-refractivity contribution < 1.29 is 19.4 Å². The second-order valence-electron chi connectivity index (χ2n) is 9.06. The molecule has 1 fully saturated rings. The number of primary amides is 1. The standard InChI is InChI=1S/C26H29N3O4/c1-33-18-10-12-20-23(14-18)29-22(3-2-4-24(29)31)25(20)15-5-11-19(26(27)32)21(13-15)28-16-6-8-17(30)9-7-16/h5,10-14,16-17,28,30H,2-4,6-9H2,1H3,(H2,27,32)/t16-,17-. The summed E-state index contributed by atoms with van der Waals surface area (Å²) in [5.41, 5.74) is 10.6. The van der Waals surface area contributed by atoms with Crippen molar-refractivity contribution in [2.75, 3.05) is 12.4 Å². The molecule has 0 atom stereocenters. The second kappa shape index (κ2) is 8.56. The summed E-state index contributed by atoms with van der Waals surface area (Å²) in [5, 5.41) is 14.3. The highest BCUT2D eigenvalue weighted by Gasteiger charge is 2.27. The van der Waals surface area contributed by atoms with Gasteiger partial charge in [-0.15, -0.1) is 0 Å². The van der Waals surface area contributed by atoms with Gasteiger partial charge in [-0.2, -0.15) is 0 Å². The van der Waals surface area contributed by atoms with Crippen LogP contribution < -0.4 is 15.8 Å². The number of nitrogens with zero attached hydrogens (tertiary/aromatic N) is 1. The van der Waals surface area contributed by atoms with E-state index in [4.69, 9.17) is 10.5 Å². The molecule has 172 valence electrons. The second-order valence-corrected chi connectivity index (χ2v) is 9.06. The number of aromatic nitrogens is 1. The van der Waals surface area contributed by atoms with Crippen molar-refractivity contribution in [3.8, 4) is 16.9 Å². The zero-order valence-corrected chi connectivity index (χ0v) is 18.8. The molecule has 0 unspecified atom stereocenters. The average molecular weight is 448 g/mol. The number of nitrogens with one attached hydrogen (secondary N) is 1. The SMILES string of the molecule is COc1ccc2c(-c3ccc(C(N)=O)c(N[C@H]4CC[C@H](O)CC4)c3)c3n(c2c1)C(=O)CCC3. The maximum Gasteiger partial charge on any atom is 0.250 e. The summed E-state index contributed by atoms with van der Waals surface area (Å²) in [5.74, 6) is 0.316. The number of ether oxygens (including phenoxy) is 1. The molecule has 5 rings (SSSR count). The Morgan fingerprint density at radius 2 is 1.91 bits per heavy atom. The molecule has 0 radical (unpaired) electrons. The molecule has 7 heteroatoms. The van der Waals surface area contributed by atoms with Crippen LogP contribution in [0, 0.1) is 0 Å². The van der Waals surface area contributed by atoms with E-state index in [1.807, 2.05) is 34.9 Å². The fraction of sp³-hybridized carbons (Fsp3) is 0.385. The monoisotopic (exact) mass is 447 g/mol. The van der Waals surface area contributed by atoms with Gasteiger partial charge in [-0.1, -0.05) is 6.07 Å². The van der Waals surface area contributed by atoms with E-state index < -0.39 is 5.91 Å². The first-order valence-corrected chi connectivity index (χ1v) is 11.6. The molecular formula is C26H29N3O4. The van der Waals surface area contributed by atoms with Crippen molar-refractivity contribution in [2.24, 2.45) is 5.73 Å². The fourth-order valence-electron chi connectivity index (χ4n) is 5.28.